The van der Waals surface area contributed by atoms with Gasteiger partial charge < -0.3 is 14.5 Å². The molecular formula is C18H22N2O2. The van der Waals surface area contributed by atoms with Crippen LogP contribution in [0.5, 0.6) is 0 Å². The zero-order valence-corrected chi connectivity index (χ0v) is 13.0. The molecule has 116 valence electrons. The van der Waals surface area contributed by atoms with Gasteiger partial charge in [-0.2, -0.15) is 0 Å². The average Bonchev–Trinajstić information content (AvgIpc) is 2.97. The molecule has 0 saturated carbocycles. The number of morpholine rings is 1. The molecule has 0 unspecified atom stereocenters. The van der Waals surface area contributed by atoms with Gasteiger partial charge in [0.2, 0.25) is 0 Å². The fraction of sp³-hybridized carbons (Fsp3) is 0.389. The number of allylic oxidation sites excluding steroid dienone is 2. The third-order valence-corrected chi connectivity index (χ3v) is 4.05. The first-order valence-electron chi connectivity index (χ1n) is 7.77. The number of ether oxygens (including phenoxy) is 1. The van der Waals surface area contributed by atoms with E-state index in [1.165, 1.54) is 22.4 Å². The van der Waals surface area contributed by atoms with E-state index in [0.717, 1.165) is 39.1 Å². The second-order valence-corrected chi connectivity index (χ2v) is 5.47. The lowest BCUT2D eigenvalue weighted by molar-refractivity contribution is 0.0548. The molecule has 3 rings (SSSR count). The zero-order chi connectivity index (χ0) is 15.2. The Bertz CT molecular complexity index is 584. The van der Waals surface area contributed by atoms with Gasteiger partial charge in [0.1, 0.15) is 7.11 Å². The molecule has 0 radical (unpaired) electrons. The van der Waals surface area contributed by atoms with Crippen molar-refractivity contribution in [1.29, 1.82) is 0 Å². The standard InChI is InChI=1S/C18H22N2O2/c1-21-19-14-17-8-7-16(13-15-5-3-2-4-6-15)18(17)20-9-11-22-12-10-20/h2-6,13-14H,7-12H2,1H3/b16-13+,19-14-. The number of benzene rings is 1. The van der Waals surface area contributed by atoms with Crippen LogP contribution < -0.4 is 0 Å². The van der Waals surface area contributed by atoms with Crippen LogP contribution >= 0.6 is 0 Å². The molecule has 0 bridgehead atoms. The molecule has 4 nitrogen and oxygen atoms in total. The van der Waals surface area contributed by atoms with E-state index in [4.69, 9.17) is 9.57 Å². The van der Waals surface area contributed by atoms with E-state index in [1.807, 2.05) is 12.3 Å². The van der Waals surface area contributed by atoms with Gasteiger partial charge in [-0.1, -0.05) is 35.5 Å². The number of hydrogen-bond acceptors (Lipinski definition) is 4. The predicted molar refractivity (Wildman–Crippen MR) is 88.6 cm³/mol. The summed E-state index contributed by atoms with van der Waals surface area (Å²) in [7, 11) is 1.58. The summed E-state index contributed by atoms with van der Waals surface area (Å²) >= 11 is 0. The minimum Gasteiger partial charge on any atom is -0.399 e. The van der Waals surface area contributed by atoms with E-state index >= 15 is 0 Å². The van der Waals surface area contributed by atoms with Gasteiger partial charge >= 0.3 is 0 Å². The summed E-state index contributed by atoms with van der Waals surface area (Å²) in [5.41, 5.74) is 5.19. The number of nitrogens with zero attached hydrogens (tertiary/aromatic N) is 2. The summed E-state index contributed by atoms with van der Waals surface area (Å²) in [5.74, 6) is 0. The van der Waals surface area contributed by atoms with Crippen molar-refractivity contribution in [2.24, 2.45) is 5.16 Å². The van der Waals surface area contributed by atoms with Gasteiger partial charge in [-0.05, 0) is 35.6 Å². The third kappa shape index (κ3) is 3.39. The summed E-state index contributed by atoms with van der Waals surface area (Å²) in [4.78, 5) is 7.28. The largest absolute Gasteiger partial charge is 0.399 e. The van der Waals surface area contributed by atoms with Crippen LogP contribution in [0.15, 0.2) is 52.3 Å². The summed E-state index contributed by atoms with van der Waals surface area (Å²) in [6.07, 6.45) is 6.21. The lowest BCUT2D eigenvalue weighted by Gasteiger charge is -2.31. The summed E-state index contributed by atoms with van der Waals surface area (Å²) in [6, 6.07) is 10.5. The maximum atomic E-state index is 5.49. The molecule has 0 amide bonds. The molecule has 1 saturated heterocycles. The number of oxime groups is 1. The van der Waals surface area contributed by atoms with Crippen LogP contribution in [0, 0.1) is 0 Å². The van der Waals surface area contributed by atoms with Crippen LogP contribution in [0.4, 0.5) is 0 Å². The second kappa shape index (κ2) is 7.27. The van der Waals surface area contributed by atoms with Gasteiger partial charge in [-0.25, -0.2) is 0 Å². The number of rotatable bonds is 4. The second-order valence-electron chi connectivity index (χ2n) is 5.47. The highest BCUT2D eigenvalue weighted by atomic mass is 16.6. The molecular weight excluding hydrogens is 276 g/mol. The van der Waals surface area contributed by atoms with Crippen molar-refractivity contribution in [3.05, 3.63) is 52.7 Å². The van der Waals surface area contributed by atoms with Crippen molar-refractivity contribution in [1.82, 2.24) is 4.90 Å². The van der Waals surface area contributed by atoms with Crippen molar-refractivity contribution < 1.29 is 9.57 Å². The van der Waals surface area contributed by atoms with Crippen LogP contribution in [-0.4, -0.2) is 44.5 Å². The topological polar surface area (TPSA) is 34.1 Å². The molecule has 1 aromatic carbocycles. The maximum absolute atomic E-state index is 5.49. The molecule has 1 aliphatic heterocycles. The van der Waals surface area contributed by atoms with Crippen molar-refractivity contribution >= 4 is 12.3 Å². The number of hydrogen-bond donors (Lipinski definition) is 0. The van der Waals surface area contributed by atoms with Crippen molar-refractivity contribution in [3.63, 3.8) is 0 Å². The predicted octanol–water partition coefficient (Wildman–Crippen LogP) is 3.08. The molecule has 0 aromatic heterocycles. The van der Waals surface area contributed by atoms with E-state index < -0.39 is 0 Å². The first-order valence-corrected chi connectivity index (χ1v) is 7.77. The Morgan fingerprint density at radius 2 is 1.91 bits per heavy atom. The van der Waals surface area contributed by atoms with Gasteiger partial charge in [0, 0.05) is 18.8 Å². The van der Waals surface area contributed by atoms with Crippen molar-refractivity contribution in [2.75, 3.05) is 33.4 Å². The average molecular weight is 298 g/mol. The minimum absolute atomic E-state index is 0.789. The first kappa shape index (κ1) is 14.9. The highest BCUT2D eigenvalue weighted by Crippen LogP contribution is 2.34. The lowest BCUT2D eigenvalue weighted by Crippen LogP contribution is -2.36. The Labute approximate surface area is 131 Å². The van der Waals surface area contributed by atoms with Gasteiger partial charge in [-0.15, -0.1) is 0 Å². The Balaban J connectivity index is 1.93. The molecule has 1 aromatic rings. The van der Waals surface area contributed by atoms with Crippen LogP contribution in [0.2, 0.25) is 0 Å². The first-order chi connectivity index (χ1) is 10.9. The summed E-state index contributed by atoms with van der Waals surface area (Å²) in [5, 5.41) is 3.97. The zero-order valence-electron chi connectivity index (χ0n) is 13.0. The van der Waals surface area contributed by atoms with Crippen molar-refractivity contribution in [3.8, 4) is 0 Å². The van der Waals surface area contributed by atoms with E-state index in [1.54, 1.807) is 7.11 Å². The van der Waals surface area contributed by atoms with Crippen LogP contribution in [0.1, 0.15) is 18.4 Å². The van der Waals surface area contributed by atoms with Crippen LogP contribution in [-0.2, 0) is 9.57 Å². The van der Waals surface area contributed by atoms with Gasteiger partial charge in [-0.3, -0.25) is 0 Å². The van der Waals surface area contributed by atoms with Crippen LogP contribution in [0.3, 0.4) is 0 Å². The van der Waals surface area contributed by atoms with E-state index in [2.05, 4.69) is 40.4 Å². The molecule has 0 spiro atoms. The fourth-order valence-corrected chi connectivity index (χ4v) is 3.04. The molecule has 0 N–H and O–H groups in total. The maximum Gasteiger partial charge on any atom is 0.106 e. The lowest BCUT2D eigenvalue weighted by atomic mass is 10.1. The van der Waals surface area contributed by atoms with Gasteiger partial charge in [0.05, 0.1) is 19.4 Å². The Kier molecular flexibility index (Phi) is 4.91. The van der Waals surface area contributed by atoms with Gasteiger partial charge in [0.25, 0.3) is 0 Å². The van der Waals surface area contributed by atoms with Gasteiger partial charge in [0.15, 0.2) is 0 Å². The summed E-state index contributed by atoms with van der Waals surface area (Å²) in [6.45, 7) is 3.45. The fourth-order valence-electron chi connectivity index (χ4n) is 3.04. The molecule has 4 heteroatoms. The highest BCUT2D eigenvalue weighted by Gasteiger charge is 2.25. The quantitative estimate of drug-likeness (QED) is 0.633. The van der Waals surface area contributed by atoms with E-state index in [9.17, 15) is 0 Å². The highest BCUT2D eigenvalue weighted by molar-refractivity contribution is 5.83. The van der Waals surface area contributed by atoms with E-state index in [-0.39, 0.29) is 0 Å². The minimum atomic E-state index is 0.789. The molecule has 22 heavy (non-hydrogen) atoms. The Morgan fingerprint density at radius 1 is 1.14 bits per heavy atom. The third-order valence-electron chi connectivity index (χ3n) is 4.05. The smallest absolute Gasteiger partial charge is 0.106 e. The normalized spacial score (nSPS) is 21.1. The molecule has 1 heterocycles. The molecule has 2 aliphatic rings. The molecule has 1 fully saturated rings. The van der Waals surface area contributed by atoms with E-state index in [0.29, 0.717) is 0 Å². The van der Waals surface area contributed by atoms with Crippen LogP contribution in [0.25, 0.3) is 6.08 Å². The Morgan fingerprint density at radius 3 is 2.64 bits per heavy atom. The monoisotopic (exact) mass is 298 g/mol. The van der Waals surface area contributed by atoms with Crippen molar-refractivity contribution in [2.45, 2.75) is 12.8 Å². The molecule has 0 atom stereocenters. The Hall–Kier alpha value is -2.07. The molecule has 1 aliphatic carbocycles. The SMILES string of the molecule is CO/N=C\C1=C(N2CCOCC2)C(=C/c2ccccc2)/CC1. The summed E-state index contributed by atoms with van der Waals surface area (Å²) < 4.78 is 5.49.